The van der Waals surface area contributed by atoms with E-state index in [-0.39, 0.29) is 29.1 Å². The van der Waals surface area contributed by atoms with Crippen LogP contribution >= 0.6 is 0 Å². The molecule has 3 aromatic rings. The molecule has 0 aromatic heterocycles. The highest BCUT2D eigenvalue weighted by Crippen LogP contribution is 2.24. The molecule has 0 saturated carbocycles. The van der Waals surface area contributed by atoms with Gasteiger partial charge in [-0.25, -0.2) is 12.8 Å². The molecular formula is C28H32FN3O4S. The first-order valence-electron chi connectivity index (χ1n) is 12.0. The van der Waals surface area contributed by atoms with Gasteiger partial charge in [0.2, 0.25) is 11.8 Å². The van der Waals surface area contributed by atoms with Crippen LogP contribution in [-0.4, -0.2) is 43.8 Å². The van der Waals surface area contributed by atoms with Crippen molar-refractivity contribution in [2.45, 2.75) is 51.2 Å². The Kier molecular flexibility index (Phi) is 9.04. The van der Waals surface area contributed by atoms with Crippen LogP contribution in [0.2, 0.25) is 0 Å². The lowest BCUT2D eigenvalue weighted by Gasteiger charge is -2.32. The van der Waals surface area contributed by atoms with E-state index in [4.69, 9.17) is 0 Å². The maximum Gasteiger partial charge on any atom is 0.264 e. The van der Waals surface area contributed by atoms with E-state index < -0.39 is 34.3 Å². The van der Waals surface area contributed by atoms with Crippen molar-refractivity contribution in [1.29, 1.82) is 0 Å². The van der Waals surface area contributed by atoms with Gasteiger partial charge in [0.15, 0.2) is 0 Å². The summed E-state index contributed by atoms with van der Waals surface area (Å²) >= 11 is 0. The molecule has 0 saturated heterocycles. The first-order chi connectivity index (χ1) is 17.5. The Morgan fingerprint density at radius 3 is 2.16 bits per heavy atom. The average Bonchev–Trinajstić information content (AvgIpc) is 2.85. The normalized spacial score (nSPS) is 12.2. The van der Waals surface area contributed by atoms with Gasteiger partial charge in [0, 0.05) is 12.6 Å². The molecule has 0 spiro atoms. The first kappa shape index (κ1) is 27.9. The number of benzene rings is 3. The van der Waals surface area contributed by atoms with E-state index in [2.05, 4.69) is 5.32 Å². The van der Waals surface area contributed by atoms with Gasteiger partial charge in [-0.3, -0.25) is 13.9 Å². The lowest BCUT2D eigenvalue weighted by Crippen LogP contribution is -2.52. The third kappa shape index (κ3) is 7.16. The fourth-order valence-electron chi connectivity index (χ4n) is 3.85. The van der Waals surface area contributed by atoms with Crippen LogP contribution in [0.5, 0.6) is 0 Å². The van der Waals surface area contributed by atoms with E-state index in [9.17, 15) is 22.4 Å². The number of nitrogens with one attached hydrogen (secondary N) is 1. The Balaban J connectivity index is 2.00. The average molecular weight is 526 g/mol. The SMILES string of the molecule is Cc1cccc(CN(C(=O)CN(c2ccccc2)S(=O)(=O)c2ccc(F)cc2)[C@H](C)C(=O)NC(C)C)c1. The van der Waals surface area contributed by atoms with Crippen LogP contribution in [0.25, 0.3) is 0 Å². The fourth-order valence-corrected chi connectivity index (χ4v) is 5.27. The smallest absolute Gasteiger partial charge is 0.264 e. The number of halogens is 1. The molecule has 9 heteroatoms. The summed E-state index contributed by atoms with van der Waals surface area (Å²) in [5, 5.41) is 2.82. The van der Waals surface area contributed by atoms with Crippen LogP contribution in [0, 0.1) is 12.7 Å². The van der Waals surface area contributed by atoms with Gasteiger partial charge in [-0.2, -0.15) is 0 Å². The summed E-state index contributed by atoms with van der Waals surface area (Å²) in [6, 6.07) is 19.2. The number of nitrogens with zero attached hydrogens (tertiary/aromatic N) is 2. The summed E-state index contributed by atoms with van der Waals surface area (Å²) in [5.41, 5.74) is 2.08. The fraction of sp³-hybridized carbons (Fsp3) is 0.286. The quantitative estimate of drug-likeness (QED) is 0.428. The predicted molar refractivity (Wildman–Crippen MR) is 142 cm³/mol. The van der Waals surface area contributed by atoms with Gasteiger partial charge >= 0.3 is 0 Å². The summed E-state index contributed by atoms with van der Waals surface area (Å²) in [6.07, 6.45) is 0. The molecule has 0 bridgehead atoms. The molecule has 3 aromatic carbocycles. The van der Waals surface area contributed by atoms with Gasteiger partial charge in [-0.15, -0.1) is 0 Å². The number of hydrogen-bond acceptors (Lipinski definition) is 4. The second kappa shape index (κ2) is 12.0. The molecule has 0 radical (unpaired) electrons. The van der Waals surface area contributed by atoms with Gasteiger partial charge in [0.05, 0.1) is 10.6 Å². The lowest BCUT2D eigenvalue weighted by molar-refractivity contribution is -0.139. The van der Waals surface area contributed by atoms with E-state index in [1.807, 2.05) is 45.0 Å². The maximum absolute atomic E-state index is 13.8. The van der Waals surface area contributed by atoms with Crippen molar-refractivity contribution in [3.63, 3.8) is 0 Å². The Bertz CT molecular complexity index is 1330. The highest BCUT2D eigenvalue weighted by atomic mass is 32.2. The molecule has 1 N–H and O–H groups in total. The second-order valence-corrected chi connectivity index (χ2v) is 11.0. The van der Waals surface area contributed by atoms with E-state index in [1.165, 1.54) is 4.90 Å². The van der Waals surface area contributed by atoms with Crippen molar-refractivity contribution in [3.05, 3.63) is 95.8 Å². The molecule has 7 nitrogen and oxygen atoms in total. The largest absolute Gasteiger partial charge is 0.352 e. The molecule has 0 heterocycles. The van der Waals surface area contributed by atoms with Gasteiger partial charge in [0.1, 0.15) is 18.4 Å². The van der Waals surface area contributed by atoms with Crippen LogP contribution in [0.15, 0.2) is 83.8 Å². The zero-order chi connectivity index (χ0) is 27.2. The minimum absolute atomic E-state index is 0.117. The van der Waals surface area contributed by atoms with Crippen molar-refractivity contribution < 1.29 is 22.4 Å². The molecule has 0 fully saturated rings. The van der Waals surface area contributed by atoms with Gasteiger partial charge < -0.3 is 10.2 Å². The molecule has 37 heavy (non-hydrogen) atoms. The summed E-state index contributed by atoms with van der Waals surface area (Å²) in [6.45, 7) is 6.76. The summed E-state index contributed by atoms with van der Waals surface area (Å²) in [4.78, 5) is 27.9. The number of para-hydroxylation sites is 1. The number of aryl methyl sites for hydroxylation is 1. The van der Waals surface area contributed by atoms with E-state index >= 15 is 0 Å². The second-order valence-electron chi connectivity index (χ2n) is 9.15. The zero-order valence-corrected chi connectivity index (χ0v) is 22.2. The van der Waals surface area contributed by atoms with Gasteiger partial charge in [-0.05, 0) is 69.7 Å². The number of carbonyl (C=O) groups excluding carboxylic acids is 2. The molecule has 3 rings (SSSR count). The molecular weight excluding hydrogens is 493 g/mol. The van der Waals surface area contributed by atoms with Crippen LogP contribution in [-0.2, 0) is 26.2 Å². The summed E-state index contributed by atoms with van der Waals surface area (Å²) in [7, 11) is -4.23. The standard InChI is InChI=1S/C28H32FN3O4S/c1-20(2)30-28(34)22(4)31(18-23-10-8-9-21(3)17-23)27(33)19-32(25-11-6-5-7-12-25)37(35,36)26-15-13-24(29)14-16-26/h5-17,20,22H,18-19H2,1-4H3,(H,30,34)/t22-/m1/s1. The zero-order valence-electron chi connectivity index (χ0n) is 21.4. The van der Waals surface area contributed by atoms with Crippen molar-refractivity contribution in [2.75, 3.05) is 10.8 Å². The van der Waals surface area contributed by atoms with Crippen LogP contribution in [0.1, 0.15) is 31.9 Å². The molecule has 0 aliphatic heterocycles. The Morgan fingerprint density at radius 1 is 0.919 bits per heavy atom. The number of amides is 2. The highest BCUT2D eigenvalue weighted by molar-refractivity contribution is 7.92. The summed E-state index contributed by atoms with van der Waals surface area (Å²) in [5.74, 6) is -1.47. The molecule has 0 aliphatic carbocycles. The van der Waals surface area contributed by atoms with Crippen LogP contribution in [0.4, 0.5) is 10.1 Å². The Hall–Kier alpha value is -3.72. The monoisotopic (exact) mass is 525 g/mol. The molecule has 0 unspecified atom stereocenters. The third-order valence-corrected chi connectivity index (χ3v) is 7.55. The van der Waals surface area contributed by atoms with E-state index in [0.717, 1.165) is 39.7 Å². The van der Waals surface area contributed by atoms with Crippen molar-refractivity contribution >= 4 is 27.5 Å². The Morgan fingerprint density at radius 2 is 1.57 bits per heavy atom. The van der Waals surface area contributed by atoms with E-state index in [1.54, 1.807) is 37.3 Å². The minimum atomic E-state index is -4.23. The lowest BCUT2D eigenvalue weighted by atomic mass is 10.1. The topological polar surface area (TPSA) is 86.8 Å². The van der Waals surface area contributed by atoms with Crippen molar-refractivity contribution in [3.8, 4) is 0 Å². The Labute approximate surface area is 218 Å². The molecule has 0 aliphatic rings. The van der Waals surface area contributed by atoms with Crippen LogP contribution in [0.3, 0.4) is 0 Å². The van der Waals surface area contributed by atoms with Crippen molar-refractivity contribution in [2.24, 2.45) is 0 Å². The van der Waals surface area contributed by atoms with Gasteiger partial charge in [0.25, 0.3) is 10.0 Å². The number of anilines is 1. The van der Waals surface area contributed by atoms with Crippen molar-refractivity contribution in [1.82, 2.24) is 10.2 Å². The number of sulfonamides is 1. The molecule has 2 amide bonds. The predicted octanol–water partition coefficient (Wildman–Crippen LogP) is 4.27. The van der Waals surface area contributed by atoms with Crippen LogP contribution < -0.4 is 9.62 Å². The number of carbonyl (C=O) groups is 2. The number of hydrogen-bond donors (Lipinski definition) is 1. The summed E-state index contributed by atoms with van der Waals surface area (Å²) < 4.78 is 41.7. The highest BCUT2D eigenvalue weighted by Gasteiger charge is 2.32. The molecule has 196 valence electrons. The maximum atomic E-state index is 13.8. The molecule has 1 atom stereocenters. The van der Waals surface area contributed by atoms with E-state index in [0.29, 0.717) is 0 Å². The number of rotatable bonds is 10. The minimum Gasteiger partial charge on any atom is -0.352 e. The first-order valence-corrected chi connectivity index (χ1v) is 13.4. The van der Waals surface area contributed by atoms with Gasteiger partial charge in [-0.1, -0.05) is 48.0 Å². The third-order valence-electron chi connectivity index (χ3n) is 5.76.